The standard InChI is InChI=1S/C14H16N2O2/c1-10(12-4-5-12)14(18)16-13-9-11(3-2-8-17)6-7-15-13/h6-7,9-10,12,17H,4-5,8H2,1H3,(H,15,16,18). The molecule has 1 heterocycles. The first kappa shape index (κ1) is 12.6. The number of aliphatic hydroxyl groups is 1. The second-order valence-corrected chi connectivity index (χ2v) is 4.51. The lowest BCUT2D eigenvalue weighted by Crippen LogP contribution is -2.22. The number of amides is 1. The molecule has 0 spiro atoms. The van der Waals surface area contributed by atoms with E-state index in [1.54, 1.807) is 18.3 Å². The predicted octanol–water partition coefficient (Wildman–Crippen LogP) is 1.41. The molecule has 0 aromatic carbocycles. The molecule has 18 heavy (non-hydrogen) atoms. The van der Waals surface area contributed by atoms with Gasteiger partial charge in [0.2, 0.25) is 5.91 Å². The number of aromatic nitrogens is 1. The van der Waals surface area contributed by atoms with Crippen LogP contribution < -0.4 is 5.32 Å². The van der Waals surface area contributed by atoms with E-state index >= 15 is 0 Å². The molecule has 1 saturated carbocycles. The van der Waals surface area contributed by atoms with Crippen LogP contribution in [-0.2, 0) is 4.79 Å². The van der Waals surface area contributed by atoms with Crippen molar-refractivity contribution >= 4 is 11.7 Å². The molecule has 1 aliphatic rings. The van der Waals surface area contributed by atoms with E-state index in [-0.39, 0.29) is 18.4 Å². The number of nitrogens with one attached hydrogen (secondary N) is 1. The molecule has 0 bridgehead atoms. The second kappa shape index (κ2) is 5.65. The van der Waals surface area contributed by atoms with Gasteiger partial charge in [-0.25, -0.2) is 4.98 Å². The van der Waals surface area contributed by atoms with Crippen LogP contribution in [0.1, 0.15) is 25.3 Å². The van der Waals surface area contributed by atoms with Gasteiger partial charge in [-0.2, -0.15) is 0 Å². The number of hydrogen-bond donors (Lipinski definition) is 2. The van der Waals surface area contributed by atoms with Gasteiger partial charge in [0.15, 0.2) is 0 Å². The molecule has 4 heteroatoms. The Labute approximate surface area is 106 Å². The summed E-state index contributed by atoms with van der Waals surface area (Å²) in [6.45, 7) is 1.77. The van der Waals surface area contributed by atoms with Crippen molar-refractivity contribution in [3.63, 3.8) is 0 Å². The number of carbonyl (C=O) groups excluding carboxylic acids is 1. The van der Waals surface area contributed by atoms with Crippen molar-refractivity contribution in [1.82, 2.24) is 4.98 Å². The van der Waals surface area contributed by atoms with E-state index in [0.717, 1.165) is 18.4 Å². The molecule has 1 aliphatic carbocycles. The van der Waals surface area contributed by atoms with Crippen molar-refractivity contribution in [1.29, 1.82) is 0 Å². The van der Waals surface area contributed by atoms with E-state index < -0.39 is 0 Å². The number of hydrogen-bond acceptors (Lipinski definition) is 3. The number of nitrogens with zero attached hydrogens (tertiary/aromatic N) is 1. The SMILES string of the molecule is CC(C(=O)Nc1cc(C#CCO)ccn1)C1CC1. The molecule has 2 N–H and O–H groups in total. The molecule has 4 nitrogen and oxygen atoms in total. The summed E-state index contributed by atoms with van der Waals surface area (Å²) in [4.78, 5) is 16.0. The highest BCUT2D eigenvalue weighted by Gasteiger charge is 2.32. The van der Waals surface area contributed by atoms with Crippen molar-refractivity contribution in [2.24, 2.45) is 11.8 Å². The van der Waals surface area contributed by atoms with Crippen LogP contribution in [0.2, 0.25) is 0 Å². The minimum atomic E-state index is -0.178. The molecular formula is C14H16N2O2. The number of aliphatic hydroxyl groups excluding tert-OH is 1. The van der Waals surface area contributed by atoms with Gasteiger partial charge in [-0.05, 0) is 30.9 Å². The maximum absolute atomic E-state index is 11.9. The van der Waals surface area contributed by atoms with Gasteiger partial charge in [-0.1, -0.05) is 18.8 Å². The normalized spacial score (nSPS) is 15.4. The van der Waals surface area contributed by atoms with Crippen LogP contribution in [0.25, 0.3) is 0 Å². The van der Waals surface area contributed by atoms with Crippen LogP contribution >= 0.6 is 0 Å². The Morgan fingerprint density at radius 2 is 2.44 bits per heavy atom. The molecule has 0 radical (unpaired) electrons. The average Bonchev–Trinajstić information content (AvgIpc) is 3.20. The Bertz CT molecular complexity index is 498. The molecule has 1 atom stereocenters. The summed E-state index contributed by atoms with van der Waals surface area (Å²) in [5.41, 5.74) is 0.730. The monoisotopic (exact) mass is 244 g/mol. The van der Waals surface area contributed by atoms with Gasteiger partial charge < -0.3 is 10.4 Å². The van der Waals surface area contributed by atoms with Crippen LogP contribution in [0.4, 0.5) is 5.82 Å². The Morgan fingerprint density at radius 3 is 3.11 bits per heavy atom. The van der Waals surface area contributed by atoms with Gasteiger partial charge >= 0.3 is 0 Å². The zero-order valence-electron chi connectivity index (χ0n) is 10.3. The first-order chi connectivity index (χ1) is 8.70. The van der Waals surface area contributed by atoms with Gasteiger partial charge in [0.25, 0.3) is 0 Å². The second-order valence-electron chi connectivity index (χ2n) is 4.51. The molecule has 1 fully saturated rings. The smallest absolute Gasteiger partial charge is 0.228 e. The van der Waals surface area contributed by atoms with Crippen LogP contribution in [0.5, 0.6) is 0 Å². The maximum atomic E-state index is 11.9. The van der Waals surface area contributed by atoms with Crippen molar-refractivity contribution in [3.05, 3.63) is 23.9 Å². The molecule has 0 aliphatic heterocycles. The fourth-order valence-electron chi connectivity index (χ4n) is 1.77. The number of rotatable bonds is 3. The minimum absolute atomic E-state index is 0.0114. The Balaban J connectivity index is 2.02. The molecule has 0 saturated heterocycles. The lowest BCUT2D eigenvalue weighted by molar-refractivity contribution is -0.119. The van der Waals surface area contributed by atoms with Gasteiger partial charge in [0, 0.05) is 17.7 Å². The molecule has 1 amide bonds. The summed E-state index contributed by atoms with van der Waals surface area (Å²) >= 11 is 0. The number of anilines is 1. The Morgan fingerprint density at radius 1 is 1.67 bits per heavy atom. The van der Waals surface area contributed by atoms with E-state index in [1.807, 2.05) is 6.92 Å². The fraction of sp³-hybridized carbons (Fsp3) is 0.429. The van der Waals surface area contributed by atoms with Gasteiger partial charge in [-0.3, -0.25) is 4.79 Å². The van der Waals surface area contributed by atoms with Crippen LogP contribution in [0.15, 0.2) is 18.3 Å². The molecule has 1 aromatic rings. The van der Waals surface area contributed by atoms with Crippen LogP contribution in [0.3, 0.4) is 0 Å². The lowest BCUT2D eigenvalue weighted by atomic mass is 10.1. The first-order valence-electron chi connectivity index (χ1n) is 6.07. The summed E-state index contributed by atoms with van der Waals surface area (Å²) in [5, 5.41) is 11.4. The third kappa shape index (κ3) is 3.31. The molecule has 94 valence electrons. The third-order valence-corrected chi connectivity index (χ3v) is 3.07. The topological polar surface area (TPSA) is 62.2 Å². The largest absolute Gasteiger partial charge is 0.384 e. The summed E-state index contributed by atoms with van der Waals surface area (Å²) < 4.78 is 0. The summed E-state index contributed by atoms with van der Waals surface area (Å²) in [6, 6.07) is 3.45. The fourth-order valence-corrected chi connectivity index (χ4v) is 1.77. The van der Waals surface area contributed by atoms with E-state index in [0.29, 0.717) is 11.7 Å². The van der Waals surface area contributed by atoms with Crippen molar-refractivity contribution in [2.45, 2.75) is 19.8 Å². The van der Waals surface area contributed by atoms with E-state index in [1.165, 1.54) is 0 Å². The Kier molecular flexibility index (Phi) is 3.96. The van der Waals surface area contributed by atoms with Gasteiger partial charge in [0.05, 0.1) is 0 Å². The van der Waals surface area contributed by atoms with Crippen LogP contribution in [0, 0.1) is 23.7 Å². The molecule has 2 rings (SSSR count). The highest BCUT2D eigenvalue weighted by molar-refractivity contribution is 5.91. The summed E-state index contributed by atoms with van der Waals surface area (Å²) in [5.74, 6) is 6.44. The van der Waals surface area contributed by atoms with Crippen molar-refractivity contribution in [2.75, 3.05) is 11.9 Å². The third-order valence-electron chi connectivity index (χ3n) is 3.07. The van der Waals surface area contributed by atoms with Crippen molar-refractivity contribution < 1.29 is 9.90 Å². The molecule has 1 unspecified atom stereocenters. The van der Waals surface area contributed by atoms with E-state index in [9.17, 15) is 4.79 Å². The lowest BCUT2D eigenvalue weighted by Gasteiger charge is -2.10. The van der Waals surface area contributed by atoms with Crippen molar-refractivity contribution in [3.8, 4) is 11.8 Å². The number of carbonyl (C=O) groups is 1. The minimum Gasteiger partial charge on any atom is -0.384 e. The molecular weight excluding hydrogens is 228 g/mol. The Hall–Kier alpha value is -1.86. The highest BCUT2D eigenvalue weighted by Crippen LogP contribution is 2.36. The maximum Gasteiger partial charge on any atom is 0.228 e. The first-order valence-corrected chi connectivity index (χ1v) is 6.07. The van der Waals surface area contributed by atoms with Gasteiger partial charge in [0.1, 0.15) is 12.4 Å². The average molecular weight is 244 g/mol. The highest BCUT2D eigenvalue weighted by atomic mass is 16.2. The summed E-state index contributed by atoms with van der Waals surface area (Å²) in [6.07, 6.45) is 3.88. The zero-order chi connectivity index (χ0) is 13.0. The predicted molar refractivity (Wildman–Crippen MR) is 68.7 cm³/mol. The van der Waals surface area contributed by atoms with Crippen LogP contribution in [-0.4, -0.2) is 22.6 Å². The summed E-state index contributed by atoms with van der Waals surface area (Å²) in [7, 11) is 0. The number of pyridine rings is 1. The zero-order valence-corrected chi connectivity index (χ0v) is 10.3. The van der Waals surface area contributed by atoms with E-state index in [2.05, 4.69) is 22.1 Å². The van der Waals surface area contributed by atoms with E-state index in [4.69, 9.17) is 5.11 Å². The van der Waals surface area contributed by atoms with Gasteiger partial charge in [-0.15, -0.1) is 0 Å². The molecule has 1 aromatic heterocycles. The quantitative estimate of drug-likeness (QED) is 0.790.